The molecule has 0 unspecified atom stereocenters. The summed E-state index contributed by atoms with van der Waals surface area (Å²) in [5.74, 6) is -0.126. The van der Waals surface area contributed by atoms with Crippen LogP contribution in [-0.2, 0) is 7.05 Å². The van der Waals surface area contributed by atoms with Gasteiger partial charge in [-0.2, -0.15) is 5.10 Å². The van der Waals surface area contributed by atoms with Crippen LogP contribution >= 0.6 is 15.9 Å². The number of nitrogens with one attached hydrogen (secondary N) is 1. The lowest BCUT2D eigenvalue weighted by Crippen LogP contribution is -2.14. The number of anilines is 1. The number of nitrogens with zero attached hydrogens (tertiary/aromatic N) is 2. The number of carbonyl (C=O) groups is 1. The SMILES string of the molecule is Cc1ccc(NC(=O)c2c(C)nn(C)c2C)cc1Br. The Labute approximate surface area is 120 Å². The van der Waals surface area contributed by atoms with Crippen molar-refractivity contribution >= 4 is 27.5 Å². The van der Waals surface area contributed by atoms with Gasteiger partial charge in [-0.1, -0.05) is 22.0 Å². The van der Waals surface area contributed by atoms with Crippen molar-refractivity contribution in [3.63, 3.8) is 0 Å². The highest BCUT2D eigenvalue weighted by atomic mass is 79.9. The van der Waals surface area contributed by atoms with Crippen LogP contribution in [0.4, 0.5) is 5.69 Å². The van der Waals surface area contributed by atoms with Gasteiger partial charge in [0.25, 0.3) is 5.91 Å². The summed E-state index contributed by atoms with van der Waals surface area (Å²) in [6.07, 6.45) is 0. The molecule has 100 valence electrons. The Morgan fingerprint density at radius 2 is 2.00 bits per heavy atom. The van der Waals surface area contributed by atoms with E-state index in [9.17, 15) is 4.79 Å². The lowest BCUT2D eigenvalue weighted by molar-refractivity contribution is 0.102. The third kappa shape index (κ3) is 2.71. The summed E-state index contributed by atoms with van der Waals surface area (Å²) in [5.41, 5.74) is 4.14. The first-order chi connectivity index (χ1) is 8.90. The van der Waals surface area contributed by atoms with Gasteiger partial charge in [0, 0.05) is 22.9 Å². The van der Waals surface area contributed by atoms with E-state index in [2.05, 4.69) is 26.3 Å². The smallest absolute Gasteiger partial charge is 0.259 e. The quantitative estimate of drug-likeness (QED) is 0.921. The summed E-state index contributed by atoms with van der Waals surface area (Å²) in [7, 11) is 1.83. The molecule has 0 radical (unpaired) electrons. The zero-order chi connectivity index (χ0) is 14.2. The third-order valence-corrected chi connectivity index (χ3v) is 4.02. The summed E-state index contributed by atoms with van der Waals surface area (Å²) in [6.45, 7) is 5.73. The van der Waals surface area contributed by atoms with Crippen LogP contribution < -0.4 is 5.32 Å². The van der Waals surface area contributed by atoms with E-state index < -0.39 is 0 Å². The highest BCUT2D eigenvalue weighted by Gasteiger charge is 2.17. The maximum absolute atomic E-state index is 12.3. The van der Waals surface area contributed by atoms with Crippen LogP contribution in [0.15, 0.2) is 22.7 Å². The third-order valence-electron chi connectivity index (χ3n) is 3.17. The number of carbonyl (C=O) groups excluding carboxylic acids is 1. The summed E-state index contributed by atoms with van der Waals surface area (Å²) in [5, 5.41) is 7.15. The minimum atomic E-state index is -0.126. The fraction of sp³-hybridized carbons (Fsp3) is 0.286. The van der Waals surface area contributed by atoms with Gasteiger partial charge in [-0.25, -0.2) is 0 Å². The van der Waals surface area contributed by atoms with Crippen molar-refractivity contribution in [3.8, 4) is 0 Å². The van der Waals surface area contributed by atoms with E-state index in [-0.39, 0.29) is 5.91 Å². The van der Waals surface area contributed by atoms with Crippen LogP contribution in [0.3, 0.4) is 0 Å². The van der Waals surface area contributed by atoms with Crippen molar-refractivity contribution in [2.75, 3.05) is 5.32 Å². The monoisotopic (exact) mass is 321 g/mol. The predicted octanol–water partition coefficient (Wildman–Crippen LogP) is 3.36. The zero-order valence-corrected chi connectivity index (χ0v) is 13.0. The fourth-order valence-corrected chi connectivity index (χ4v) is 2.35. The van der Waals surface area contributed by atoms with Crippen molar-refractivity contribution in [1.29, 1.82) is 0 Å². The van der Waals surface area contributed by atoms with Crippen LogP contribution in [0, 0.1) is 20.8 Å². The molecule has 0 fully saturated rings. The minimum absolute atomic E-state index is 0.126. The van der Waals surface area contributed by atoms with E-state index in [4.69, 9.17) is 0 Å². The van der Waals surface area contributed by atoms with Crippen LogP contribution in [0.5, 0.6) is 0 Å². The van der Waals surface area contributed by atoms with Crippen molar-refractivity contribution in [2.45, 2.75) is 20.8 Å². The van der Waals surface area contributed by atoms with Crippen molar-refractivity contribution in [3.05, 3.63) is 45.2 Å². The molecule has 0 aliphatic heterocycles. The maximum atomic E-state index is 12.3. The van der Waals surface area contributed by atoms with E-state index in [1.165, 1.54) is 0 Å². The van der Waals surface area contributed by atoms with Gasteiger partial charge in [-0.05, 0) is 38.5 Å². The van der Waals surface area contributed by atoms with Gasteiger partial charge in [-0.3, -0.25) is 9.48 Å². The van der Waals surface area contributed by atoms with Gasteiger partial charge in [0.05, 0.1) is 11.3 Å². The van der Waals surface area contributed by atoms with Crippen molar-refractivity contribution in [2.24, 2.45) is 7.05 Å². The molecule has 0 aliphatic rings. The molecule has 1 amide bonds. The second-order valence-corrected chi connectivity index (χ2v) is 5.44. The molecule has 0 aliphatic carbocycles. The minimum Gasteiger partial charge on any atom is -0.322 e. The largest absolute Gasteiger partial charge is 0.322 e. The Morgan fingerprint density at radius 3 is 2.53 bits per heavy atom. The van der Waals surface area contributed by atoms with Gasteiger partial charge < -0.3 is 5.32 Å². The number of aromatic nitrogens is 2. The predicted molar refractivity (Wildman–Crippen MR) is 79.5 cm³/mol. The first kappa shape index (κ1) is 13.8. The Bertz CT molecular complexity index is 646. The molecule has 5 heteroatoms. The maximum Gasteiger partial charge on any atom is 0.259 e. The molecule has 0 saturated heterocycles. The second-order valence-electron chi connectivity index (χ2n) is 4.59. The molecule has 19 heavy (non-hydrogen) atoms. The van der Waals surface area contributed by atoms with E-state index in [0.717, 1.165) is 27.1 Å². The van der Waals surface area contributed by atoms with Crippen LogP contribution in [0.25, 0.3) is 0 Å². The molecule has 0 saturated carbocycles. The van der Waals surface area contributed by atoms with Crippen LogP contribution in [0.2, 0.25) is 0 Å². The first-order valence-corrected chi connectivity index (χ1v) is 6.77. The highest BCUT2D eigenvalue weighted by molar-refractivity contribution is 9.10. The normalized spacial score (nSPS) is 10.6. The number of halogens is 1. The molecule has 0 spiro atoms. The summed E-state index contributed by atoms with van der Waals surface area (Å²) < 4.78 is 2.69. The molecule has 1 aromatic carbocycles. The van der Waals surface area contributed by atoms with Crippen molar-refractivity contribution < 1.29 is 4.79 Å². The topological polar surface area (TPSA) is 46.9 Å². The van der Waals surface area contributed by atoms with Gasteiger partial charge in [0.2, 0.25) is 0 Å². The van der Waals surface area contributed by atoms with Gasteiger partial charge >= 0.3 is 0 Å². The average molecular weight is 322 g/mol. The van der Waals surface area contributed by atoms with Gasteiger partial charge in [0.15, 0.2) is 0 Å². The zero-order valence-electron chi connectivity index (χ0n) is 11.4. The van der Waals surface area contributed by atoms with Crippen LogP contribution in [-0.4, -0.2) is 15.7 Å². The molecule has 0 bridgehead atoms. The van der Waals surface area contributed by atoms with Crippen molar-refractivity contribution in [1.82, 2.24) is 9.78 Å². The number of hydrogen-bond acceptors (Lipinski definition) is 2. The first-order valence-electron chi connectivity index (χ1n) is 5.98. The van der Waals surface area contributed by atoms with Gasteiger partial charge in [0.1, 0.15) is 0 Å². The molecule has 1 N–H and O–H groups in total. The molecule has 1 aromatic heterocycles. The number of hydrogen-bond donors (Lipinski definition) is 1. The Balaban J connectivity index is 2.28. The number of benzene rings is 1. The van der Waals surface area contributed by atoms with Gasteiger partial charge in [-0.15, -0.1) is 0 Å². The lowest BCUT2D eigenvalue weighted by atomic mass is 10.1. The number of rotatable bonds is 2. The second kappa shape index (κ2) is 5.17. The molecule has 2 aromatic rings. The van der Waals surface area contributed by atoms with Crippen LogP contribution in [0.1, 0.15) is 27.3 Å². The summed E-state index contributed by atoms with van der Waals surface area (Å²) in [6, 6.07) is 5.75. The molecule has 0 atom stereocenters. The lowest BCUT2D eigenvalue weighted by Gasteiger charge is -2.07. The average Bonchev–Trinajstić information content (AvgIpc) is 2.58. The van der Waals surface area contributed by atoms with E-state index in [1.807, 2.05) is 46.0 Å². The molecule has 2 rings (SSSR count). The Morgan fingerprint density at radius 1 is 1.32 bits per heavy atom. The molecule has 1 heterocycles. The standard InChI is InChI=1S/C14H16BrN3O/c1-8-5-6-11(7-12(8)15)16-14(19)13-9(2)17-18(4)10(13)3/h5-7H,1-4H3,(H,16,19). The van der Waals surface area contributed by atoms with E-state index >= 15 is 0 Å². The summed E-state index contributed by atoms with van der Waals surface area (Å²) in [4.78, 5) is 12.3. The molecule has 4 nitrogen and oxygen atoms in total. The summed E-state index contributed by atoms with van der Waals surface area (Å²) >= 11 is 3.46. The van der Waals surface area contributed by atoms with E-state index in [1.54, 1.807) is 4.68 Å². The fourth-order valence-electron chi connectivity index (χ4n) is 1.97. The molecular weight excluding hydrogens is 306 g/mol. The molecular formula is C14H16BrN3O. The Hall–Kier alpha value is -1.62. The number of amides is 1. The highest BCUT2D eigenvalue weighted by Crippen LogP contribution is 2.22. The Kier molecular flexibility index (Phi) is 3.75. The number of aryl methyl sites for hydroxylation is 3. The van der Waals surface area contributed by atoms with E-state index in [0.29, 0.717) is 5.56 Å².